The van der Waals surface area contributed by atoms with Gasteiger partial charge in [-0.3, -0.25) is 10.2 Å². The number of urea groups is 1. The molecule has 0 spiro atoms. The molecule has 0 saturated heterocycles. The zero-order valence-corrected chi connectivity index (χ0v) is 17.1. The fourth-order valence-electron chi connectivity index (χ4n) is 2.34. The molecule has 0 aliphatic carbocycles. The number of carbonyl (C=O) groups excluding carboxylic acids is 2. The molecule has 3 amide bonds. The molecule has 164 valence electrons. The van der Waals surface area contributed by atoms with Gasteiger partial charge < -0.3 is 20.7 Å². The highest BCUT2D eigenvalue weighted by molar-refractivity contribution is 6.42. The number of hydrogen-bond donors (Lipinski definition) is 4. The molecule has 31 heavy (non-hydrogen) atoms. The zero-order chi connectivity index (χ0) is 23.2. The maximum absolute atomic E-state index is 12.9. The zero-order valence-electron chi connectivity index (χ0n) is 16.4. The number of rotatable bonds is 6. The molecule has 2 aromatic carbocycles. The van der Waals surface area contributed by atoms with Gasteiger partial charge in [0, 0.05) is 24.5 Å². The van der Waals surface area contributed by atoms with E-state index in [9.17, 15) is 22.8 Å². The van der Waals surface area contributed by atoms with E-state index in [1.807, 2.05) is 0 Å². The van der Waals surface area contributed by atoms with E-state index in [-0.39, 0.29) is 11.4 Å². The molecular formula is C20H18ClF3N4O3. The lowest BCUT2D eigenvalue weighted by Crippen LogP contribution is -2.25. The van der Waals surface area contributed by atoms with Gasteiger partial charge in [-0.1, -0.05) is 11.6 Å². The molecule has 0 bridgehead atoms. The van der Waals surface area contributed by atoms with Crippen molar-refractivity contribution in [1.82, 2.24) is 5.32 Å². The number of nitrogens with one attached hydrogen (secondary N) is 4. The molecular weight excluding hydrogens is 437 g/mol. The third kappa shape index (κ3) is 7.03. The molecule has 0 unspecified atom stereocenters. The minimum absolute atomic E-state index is 0.0755. The van der Waals surface area contributed by atoms with Gasteiger partial charge in [-0.25, -0.2) is 4.79 Å². The van der Waals surface area contributed by atoms with Crippen molar-refractivity contribution in [2.45, 2.75) is 13.1 Å². The normalized spacial score (nSPS) is 11.5. The Kier molecular flexibility index (Phi) is 7.65. The van der Waals surface area contributed by atoms with Crippen molar-refractivity contribution < 1.29 is 27.5 Å². The van der Waals surface area contributed by atoms with Crippen molar-refractivity contribution in [3.05, 3.63) is 64.9 Å². The van der Waals surface area contributed by atoms with E-state index in [0.717, 1.165) is 12.1 Å². The van der Waals surface area contributed by atoms with Crippen LogP contribution in [0.3, 0.4) is 0 Å². The average Bonchev–Trinajstić information content (AvgIpc) is 2.69. The quantitative estimate of drug-likeness (QED) is 0.362. The highest BCUT2D eigenvalue weighted by atomic mass is 35.5. The van der Waals surface area contributed by atoms with Crippen LogP contribution in [0.15, 0.2) is 54.3 Å². The Bertz CT molecular complexity index is 1020. The first-order valence-corrected chi connectivity index (χ1v) is 9.09. The molecule has 0 fully saturated rings. The van der Waals surface area contributed by atoms with Crippen LogP contribution in [0.5, 0.6) is 5.75 Å². The summed E-state index contributed by atoms with van der Waals surface area (Å²) in [5.41, 5.74) is -1.05. The van der Waals surface area contributed by atoms with Crippen molar-refractivity contribution in [2.75, 3.05) is 17.7 Å². The molecule has 0 heterocycles. The highest BCUT2D eigenvalue weighted by Crippen LogP contribution is 2.36. The monoisotopic (exact) mass is 454 g/mol. The molecule has 0 radical (unpaired) electrons. The van der Waals surface area contributed by atoms with Crippen molar-refractivity contribution in [3.63, 3.8) is 0 Å². The Hall–Kier alpha value is -3.53. The van der Waals surface area contributed by atoms with Crippen LogP contribution in [0.25, 0.3) is 0 Å². The van der Waals surface area contributed by atoms with Gasteiger partial charge in [0.1, 0.15) is 17.2 Å². The number of carbonyl (C=O) groups is 2. The lowest BCUT2D eigenvalue weighted by atomic mass is 10.2. The largest absolute Gasteiger partial charge is 0.462 e. The number of ether oxygens (including phenoxy) is 1. The lowest BCUT2D eigenvalue weighted by molar-refractivity contribution is -0.137. The predicted molar refractivity (Wildman–Crippen MR) is 112 cm³/mol. The molecule has 11 heteroatoms. The van der Waals surface area contributed by atoms with Gasteiger partial charge >= 0.3 is 12.2 Å². The van der Waals surface area contributed by atoms with E-state index >= 15 is 0 Å². The van der Waals surface area contributed by atoms with Gasteiger partial charge in [-0.2, -0.15) is 13.2 Å². The Morgan fingerprint density at radius 1 is 1.06 bits per heavy atom. The summed E-state index contributed by atoms with van der Waals surface area (Å²) in [7, 11) is 1.41. The predicted octanol–water partition coefficient (Wildman–Crippen LogP) is 5.05. The van der Waals surface area contributed by atoms with Crippen LogP contribution in [0, 0.1) is 5.41 Å². The summed E-state index contributed by atoms with van der Waals surface area (Å²) >= 11 is 5.55. The molecule has 0 aliphatic heterocycles. The maximum atomic E-state index is 12.9. The van der Waals surface area contributed by atoms with Crippen LogP contribution in [-0.4, -0.2) is 24.7 Å². The van der Waals surface area contributed by atoms with Crippen molar-refractivity contribution >= 4 is 40.6 Å². The second kappa shape index (κ2) is 9.98. The Morgan fingerprint density at radius 3 is 2.23 bits per heavy atom. The van der Waals surface area contributed by atoms with Crippen LogP contribution < -0.4 is 20.7 Å². The van der Waals surface area contributed by atoms with E-state index in [4.69, 9.17) is 21.7 Å². The summed E-state index contributed by atoms with van der Waals surface area (Å²) in [6.07, 6.45) is -3.40. The second-order valence-corrected chi connectivity index (χ2v) is 6.55. The summed E-state index contributed by atoms with van der Waals surface area (Å²) in [6.45, 7) is 1.57. The third-order valence-electron chi connectivity index (χ3n) is 3.74. The number of alkyl halides is 3. The minimum Gasteiger partial charge on any atom is -0.462 e. The first-order valence-electron chi connectivity index (χ1n) is 8.71. The molecule has 2 aromatic rings. The van der Waals surface area contributed by atoms with Gasteiger partial charge in [0.15, 0.2) is 0 Å². The standard InChI is InChI=1S/C20H18ClF3N4O3/c1-11(9-17(25)18(29)26-2)31-14-6-3-12(4-7-14)27-19(30)28-13-5-8-16(21)15(10-13)20(22,23)24/h3-10,25H,1-2H3,(H,26,29)(H2,27,28,30)/b11-9+,25-17?. The molecule has 4 N–H and O–H groups in total. The van der Waals surface area contributed by atoms with Crippen molar-refractivity contribution in [1.29, 1.82) is 5.41 Å². The second-order valence-electron chi connectivity index (χ2n) is 6.15. The van der Waals surface area contributed by atoms with E-state index in [1.54, 1.807) is 6.92 Å². The Balaban J connectivity index is 1.99. The number of anilines is 2. The highest BCUT2D eigenvalue weighted by Gasteiger charge is 2.33. The number of amides is 3. The molecule has 0 aliphatic rings. The first-order chi connectivity index (χ1) is 14.5. The van der Waals surface area contributed by atoms with Crippen LogP contribution in [-0.2, 0) is 11.0 Å². The molecule has 0 aromatic heterocycles. The third-order valence-corrected chi connectivity index (χ3v) is 4.07. The summed E-state index contributed by atoms with van der Waals surface area (Å²) in [5, 5.41) is 14.2. The number of hydrogen-bond acceptors (Lipinski definition) is 4. The number of halogens is 4. The topological polar surface area (TPSA) is 103 Å². The number of allylic oxidation sites excluding steroid dienone is 1. The smallest absolute Gasteiger partial charge is 0.417 e. The van der Waals surface area contributed by atoms with E-state index in [1.165, 1.54) is 43.5 Å². The summed E-state index contributed by atoms with van der Waals surface area (Å²) in [4.78, 5) is 23.4. The molecule has 0 atom stereocenters. The minimum atomic E-state index is -4.65. The van der Waals surface area contributed by atoms with Crippen LogP contribution in [0.2, 0.25) is 5.02 Å². The average molecular weight is 455 g/mol. The van der Waals surface area contributed by atoms with Crippen LogP contribution in [0.4, 0.5) is 29.3 Å². The van der Waals surface area contributed by atoms with Gasteiger partial charge in [0.25, 0.3) is 5.91 Å². The molecule has 2 rings (SSSR count). The van der Waals surface area contributed by atoms with Gasteiger partial charge in [-0.15, -0.1) is 0 Å². The Labute approximate surface area is 180 Å². The first kappa shape index (κ1) is 23.7. The van der Waals surface area contributed by atoms with Gasteiger partial charge in [0.05, 0.1) is 10.6 Å². The van der Waals surface area contributed by atoms with Gasteiger partial charge in [-0.05, 0) is 49.4 Å². The summed E-state index contributed by atoms with van der Waals surface area (Å²) in [6, 6.07) is 8.36. The SMILES string of the molecule is CNC(=O)C(=N)/C=C(\C)Oc1ccc(NC(=O)Nc2ccc(Cl)c(C(F)(F)F)c2)cc1. The number of benzene rings is 2. The van der Waals surface area contributed by atoms with Crippen LogP contribution >= 0.6 is 11.6 Å². The van der Waals surface area contributed by atoms with E-state index in [2.05, 4.69) is 16.0 Å². The van der Waals surface area contributed by atoms with Crippen molar-refractivity contribution in [2.24, 2.45) is 0 Å². The van der Waals surface area contributed by atoms with E-state index < -0.39 is 28.7 Å². The van der Waals surface area contributed by atoms with E-state index in [0.29, 0.717) is 17.2 Å². The summed E-state index contributed by atoms with van der Waals surface area (Å²) in [5.74, 6) is 0.128. The Morgan fingerprint density at radius 2 is 1.65 bits per heavy atom. The lowest BCUT2D eigenvalue weighted by Gasteiger charge is -2.12. The maximum Gasteiger partial charge on any atom is 0.417 e. The van der Waals surface area contributed by atoms with Gasteiger partial charge in [0.2, 0.25) is 0 Å². The van der Waals surface area contributed by atoms with Crippen molar-refractivity contribution in [3.8, 4) is 5.75 Å². The molecule has 0 saturated carbocycles. The fourth-order valence-corrected chi connectivity index (χ4v) is 2.56. The summed E-state index contributed by atoms with van der Waals surface area (Å²) < 4.78 is 44.2. The van der Waals surface area contributed by atoms with Crippen LogP contribution in [0.1, 0.15) is 12.5 Å². The fraction of sp³-hybridized carbons (Fsp3) is 0.150. The molecule has 7 nitrogen and oxygen atoms in total.